The number of para-hydroxylation sites is 1. The number of fused-ring (bicyclic) bond motifs is 6. The fourth-order valence-electron chi connectivity index (χ4n) is 9.95. The molecule has 0 saturated heterocycles. The Bertz CT molecular complexity index is 3190. The first-order valence-corrected chi connectivity index (χ1v) is 20.4. The van der Waals surface area contributed by atoms with E-state index in [1.165, 1.54) is 22.3 Å². The molecule has 0 amide bonds. The largest absolute Gasteiger partial charge is 0.310 e. The van der Waals surface area contributed by atoms with Crippen LogP contribution in [-0.4, -0.2) is 0 Å². The van der Waals surface area contributed by atoms with Gasteiger partial charge in [0.25, 0.3) is 0 Å². The summed E-state index contributed by atoms with van der Waals surface area (Å²) in [6.45, 7) is 4.53. The molecule has 1 heteroatoms. The first kappa shape index (κ1) is 30.9. The summed E-state index contributed by atoms with van der Waals surface area (Å²) in [5.41, 5.74) is 15.9. The van der Waals surface area contributed by atoms with Crippen molar-refractivity contribution in [3.8, 4) is 44.5 Å². The van der Waals surface area contributed by atoms with Gasteiger partial charge >= 0.3 is 0 Å². The van der Waals surface area contributed by atoms with E-state index in [1.54, 1.807) is 0 Å². The SMILES string of the molecule is [2H]c1c([2H])c([2H])c(N(c2ccc3c(c2)C(C)(C)c2ccccc2-3)c2ccc3c(c2)C(c2ccccc2)(c2ccccc2)c2ccccc2-3)c(-c2ccc(-c3ccccc3)cc2)c1[2H]. The van der Waals surface area contributed by atoms with Crippen LogP contribution in [-0.2, 0) is 10.8 Å². The fraction of sp³-hybridized carbons (Fsp3) is 0.0690. The van der Waals surface area contributed by atoms with Crippen molar-refractivity contribution in [3.63, 3.8) is 0 Å². The van der Waals surface area contributed by atoms with E-state index in [1.807, 2.05) is 42.5 Å². The Kier molecular flexibility index (Phi) is 7.17. The monoisotopic (exact) mass is 757 g/mol. The number of anilines is 3. The third kappa shape index (κ3) is 5.39. The second-order valence-corrected chi connectivity index (χ2v) is 16.2. The highest BCUT2D eigenvalue weighted by Crippen LogP contribution is 2.58. The maximum atomic E-state index is 9.84. The normalized spacial score (nSPS) is 14.8. The molecule has 0 unspecified atom stereocenters. The summed E-state index contributed by atoms with van der Waals surface area (Å²) in [6, 6.07) is 69.3. The highest BCUT2D eigenvalue weighted by molar-refractivity contribution is 5.94. The minimum atomic E-state index is -0.677. The van der Waals surface area contributed by atoms with Crippen LogP contribution in [0, 0.1) is 0 Å². The van der Waals surface area contributed by atoms with Crippen molar-refractivity contribution in [1.29, 1.82) is 0 Å². The molecule has 0 fully saturated rings. The van der Waals surface area contributed by atoms with Crippen LogP contribution < -0.4 is 4.90 Å². The molecular formula is C58H43N. The minimum absolute atomic E-state index is 0.0890. The topological polar surface area (TPSA) is 3.24 Å². The van der Waals surface area contributed by atoms with Crippen molar-refractivity contribution in [1.82, 2.24) is 0 Å². The van der Waals surface area contributed by atoms with Crippen LogP contribution in [0.3, 0.4) is 0 Å². The highest BCUT2D eigenvalue weighted by Gasteiger charge is 2.46. The summed E-state index contributed by atoms with van der Waals surface area (Å²) >= 11 is 0. The van der Waals surface area contributed by atoms with Gasteiger partial charge in [-0.3, -0.25) is 0 Å². The summed E-state index contributed by atoms with van der Waals surface area (Å²) in [4.78, 5) is 2.08. The Morgan fingerprint density at radius 3 is 1.47 bits per heavy atom. The molecule has 59 heavy (non-hydrogen) atoms. The predicted molar refractivity (Wildman–Crippen MR) is 247 cm³/mol. The van der Waals surface area contributed by atoms with Crippen molar-refractivity contribution in [3.05, 3.63) is 258 Å². The lowest BCUT2D eigenvalue weighted by molar-refractivity contribution is 0.660. The van der Waals surface area contributed by atoms with Gasteiger partial charge in [0.05, 0.1) is 16.6 Å². The van der Waals surface area contributed by atoms with E-state index >= 15 is 0 Å². The number of benzene rings is 9. The molecule has 2 aliphatic carbocycles. The van der Waals surface area contributed by atoms with Gasteiger partial charge in [-0.2, -0.15) is 0 Å². The number of nitrogens with zero attached hydrogens (tertiary/aromatic N) is 1. The maximum Gasteiger partial charge on any atom is 0.0714 e. The second-order valence-electron chi connectivity index (χ2n) is 16.2. The highest BCUT2D eigenvalue weighted by atomic mass is 15.1. The molecule has 2 aliphatic rings. The van der Waals surface area contributed by atoms with Gasteiger partial charge in [-0.25, -0.2) is 0 Å². The minimum Gasteiger partial charge on any atom is -0.310 e. The van der Waals surface area contributed by atoms with Gasteiger partial charge in [-0.15, -0.1) is 0 Å². The van der Waals surface area contributed by atoms with E-state index in [4.69, 9.17) is 1.37 Å². The van der Waals surface area contributed by atoms with E-state index in [0.717, 1.165) is 55.9 Å². The summed E-state index contributed by atoms with van der Waals surface area (Å²) in [5, 5.41) is 0. The molecule has 0 N–H and O–H groups in total. The van der Waals surface area contributed by atoms with Crippen LogP contribution in [0.4, 0.5) is 17.1 Å². The van der Waals surface area contributed by atoms with Gasteiger partial charge < -0.3 is 4.90 Å². The van der Waals surface area contributed by atoms with Crippen LogP contribution in [0.1, 0.15) is 52.7 Å². The van der Waals surface area contributed by atoms with Gasteiger partial charge in [0, 0.05) is 22.4 Å². The van der Waals surface area contributed by atoms with Crippen molar-refractivity contribution in [2.45, 2.75) is 24.7 Å². The fourth-order valence-corrected chi connectivity index (χ4v) is 9.95. The first-order chi connectivity index (χ1) is 30.7. The predicted octanol–water partition coefficient (Wildman–Crippen LogP) is 15.2. The lowest BCUT2D eigenvalue weighted by Crippen LogP contribution is -2.28. The summed E-state index contributed by atoms with van der Waals surface area (Å²) in [5.74, 6) is 0. The molecule has 280 valence electrons. The first-order valence-electron chi connectivity index (χ1n) is 22.4. The van der Waals surface area contributed by atoms with Crippen LogP contribution in [0.2, 0.25) is 0 Å². The number of hydrogen-bond acceptors (Lipinski definition) is 1. The van der Waals surface area contributed by atoms with E-state index < -0.39 is 5.41 Å². The molecule has 0 aliphatic heterocycles. The quantitative estimate of drug-likeness (QED) is 0.156. The van der Waals surface area contributed by atoms with Crippen molar-refractivity contribution >= 4 is 17.1 Å². The summed E-state index contributed by atoms with van der Waals surface area (Å²) < 4.78 is 37.7. The van der Waals surface area contributed by atoms with Crippen molar-refractivity contribution in [2.75, 3.05) is 4.90 Å². The smallest absolute Gasteiger partial charge is 0.0714 e. The molecule has 0 bridgehead atoms. The maximum absolute atomic E-state index is 9.84. The molecular weight excluding hydrogens is 711 g/mol. The van der Waals surface area contributed by atoms with Gasteiger partial charge in [-0.05, 0) is 103 Å². The van der Waals surface area contributed by atoms with Crippen molar-refractivity contribution in [2.24, 2.45) is 0 Å². The lowest BCUT2D eigenvalue weighted by atomic mass is 9.67. The average molecular weight is 758 g/mol. The Balaban J connectivity index is 1.21. The second kappa shape index (κ2) is 13.7. The van der Waals surface area contributed by atoms with E-state index in [-0.39, 0.29) is 29.6 Å². The lowest BCUT2D eigenvalue weighted by Gasteiger charge is -2.35. The number of rotatable bonds is 7. The molecule has 11 rings (SSSR count). The van der Waals surface area contributed by atoms with E-state index in [0.29, 0.717) is 16.8 Å². The van der Waals surface area contributed by atoms with Gasteiger partial charge in [0.1, 0.15) is 0 Å². The Morgan fingerprint density at radius 2 is 0.831 bits per heavy atom. The van der Waals surface area contributed by atoms with Gasteiger partial charge in [0.15, 0.2) is 0 Å². The zero-order valence-corrected chi connectivity index (χ0v) is 33.0. The number of hydrogen-bond donors (Lipinski definition) is 0. The molecule has 9 aromatic carbocycles. The Morgan fingerprint density at radius 1 is 0.373 bits per heavy atom. The van der Waals surface area contributed by atoms with E-state index in [9.17, 15) is 4.11 Å². The van der Waals surface area contributed by atoms with Crippen LogP contribution >= 0.6 is 0 Å². The molecule has 0 heterocycles. The summed E-state index contributed by atoms with van der Waals surface area (Å²) in [6.07, 6.45) is 0. The Labute approximate surface area is 353 Å². The third-order valence-corrected chi connectivity index (χ3v) is 12.7. The van der Waals surface area contributed by atoms with Crippen LogP contribution in [0.5, 0.6) is 0 Å². The molecule has 0 spiro atoms. The van der Waals surface area contributed by atoms with Crippen LogP contribution in [0.15, 0.2) is 224 Å². The van der Waals surface area contributed by atoms with Gasteiger partial charge in [-0.1, -0.05) is 208 Å². The molecule has 0 saturated carbocycles. The van der Waals surface area contributed by atoms with E-state index in [2.05, 4.69) is 176 Å². The summed E-state index contributed by atoms with van der Waals surface area (Å²) in [7, 11) is 0. The zero-order chi connectivity index (χ0) is 43.0. The Hall–Kier alpha value is -7.22. The standard InChI is InChI=1S/C58H43N/c1-57(2)52-27-15-12-25-48(52)50-36-34-45(38-54(50)57)59(56-29-17-14-24-47(56)42-32-30-41(31-33-42)40-18-6-3-7-19-40)46-35-37-51-49-26-13-16-28-53(49)58(55(51)39-46,43-20-8-4-9-21-43)44-22-10-5-11-23-44/h3-39H,1-2H3/i14D,17D,24D,29D. The van der Waals surface area contributed by atoms with Crippen LogP contribution in [0.25, 0.3) is 44.5 Å². The average Bonchev–Trinajstić information content (AvgIpc) is 3.76. The molecule has 0 aromatic heterocycles. The zero-order valence-electron chi connectivity index (χ0n) is 37.0. The molecule has 0 radical (unpaired) electrons. The van der Waals surface area contributed by atoms with Gasteiger partial charge in [0.2, 0.25) is 0 Å². The molecule has 0 atom stereocenters. The molecule has 1 nitrogen and oxygen atoms in total. The third-order valence-electron chi connectivity index (χ3n) is 12.7. The van der Waals surface area contributed by atoms with Crippen molar-refractivity contribution < 1.29 is 5.48 Å². The molecule has 9 aromatic rings.